The van der Waals surface area contributed by atoms with Crippen LogP contribution in [0.25, 0.3) is 0 Å². The van der Waals surface area contributed by atoms with Gasteiger partial charge in [0, 0.05) is 57.7 Å². The molecule has 3 rings (SSSR count). The molecule has 2 heterocycles. The van der Waals surface area contributed by atoms with Gasteiger partial charge in [0.15, 0.2) is 0 Å². The summed E-state index contributed by atoms with van der Waals surface area (Å²) in [6.07, 6.45) is 5.97. The van der Waals surface area contributed by atoms with Crippen LogP contribution in [0.1, 0.15) is 28.8 Å². The molecule has 1 amide bonds. The lowest BCUT2D eigenvalue weighted by atomic mass is 10.1. The SMILES string of the molecule is COCCNC(=O)c1ccc(OC2CCN(Cc3cnn(C)c3)CC2)c(Cl)c1. The number of piperidine rings is 1. The van der Waals surface area contributed by atoms with Crippen LogP contribution in [0.2, 0.25) is 5.02 Å². The fraction of sp³-hybridized carbons (Fsp3) is 0.500. The van der Waals surface area contributed by atoms with Crippen molar-refractivity contribution in [2.45, 2.75) is 25.5 Å². The zero-order valence-corrected chi connectivity index (χ0v) is 17.1. The van der Waals surface area contributed by atoms with Crippen molar-refractivity contribution in [2.75, 3.05) is 33.4 Å². The number of ether oxygens (including phenoxy) is 2. The lowest BCUT2D eigenvalue weighted by molar-refractivity contribution is 0.0935. The first-order valence-corrected chi connectivity index (χ1v) is 9.86. The number of rotatable bonds is 8. The number of methoxy groups -OCH3 is 1. The third kappa shape index (κ3) is 5.70. The molecule has 1 aliphatic rings. The van der Waals surface area contributed by atoms with Gasteiger partial charge in [-0.25, -0.2) is 0 Å². The highest BCUT2D eigenvalue weighted by molar-refractivity contribution is 6.32. The number of likely N-dealkylation sites (tertiary alicyclic amines) is 1. The Bertz CT molecular complexity index is 788. The first-order chi connectivity index (χ1) is 13.5. The molecule has 0 unspecified atom stereocenters. The molecular formula is C20H27ClN4O3. The summed E-state index contributed by atoms with van der Waals surface area (Å²) in [5, 5.41) is 7.45. The molecule has 2 aromatic rings. The number of carbonyl (C=O) groups is 1. The summed E-state index contributed by atoms with van der Waals surface area (Å²) < 4.78 is 12.9. The maximum absolute atomic E-state index is 12.1. The average Bonchev–Trinajstić information content (AvgIpc) is 3.09. The van der Waals surface area contributed by atoms with Crippen LogP contribution in [0.3, 0.4) is 0 Å². The van der Waals surface area contributed by atoms with Crippen molar-refractivity contribution in [1.29, 1.82) is 0 Å². The first kappa shape index (κ1) is 20.6. The van der Waals surface area contributed by atoms with Gasteiger partial charge in [-0.2, -0.15) is 5.10 Å². The number of nitrogens with one attached hydrogen (secondary N) is 1. The van der Waals surface area contributed by atoms with Gasteiger partial charge in [0.2, 0.25) is 0 Å². The molecule has 1 fully saturated rings. The summed E-state index contributed by atoms with van der Waals surface area (Å²) >= 11 is 6.34. The van der Waals surface area contributed by atoms with Crippen molar-refractivity contribution in [3.63, 3.8) is 0 Å². The lowest BCUT2D eigenvalue weighted by Crippen LogP contribution is -2.37. The highest BCUT2D eigenvalue weighted by Crippen LogP contribution is 2.28. The van der Waals surface area contributed by atoms with E-state index in [4.69, 9.17) is 21.1 Å². The second-order valence-electron chi connectivity index (χ2n) is 7.01. The Kier molecular flexibility index (Phi) is 7.30. The molecule has 1 N–H and O–H groups in total. The first-order valence-electron chi connectivity index (χ1n) is 9.48. The number of nitrogens with zero attached hydrogens (tertiary/aromatic N) is 3. The standard InChI is InChI=1S/C20H27ClN4O3/c1-24-13-15(12-23-24)14-25-8-5-17(6-9-25)28-19-4-3-16(11-18(19)21)20(26)22-7-10-27-2/h3-4,11-13,17H,5-10,14H2,1-2H3,(H,22,26). The topological polar surface area (TPSA) is 68.6 Å². The van der Waals surface area contributed by atoms with Crippen molar-refractivity contribution >= 4 is 17.5 Å². The predicted octanol–water partition coefficient (Wildman–Crippen LogP) is 2.49. The van der Waals surface area contributed by atoms with Crippen LogP contribution in [-0.2, 0) is 18.3 Å². The van der Waals surface area contributed by atoms with Gasteiger partial charge in [-0.15, -0.1) is 0 Å². The molecule has 1 aliphatic heterocycles. The van der Waals surface area contributed by atoms with Gasteiger partial charge in [-0.3, -0.25) is 14.4 Å². The van der Waals surface area contributed by atoms with E-state index in [1.165, 1.54) is 5.56 Å². The van der Waals surface area contributed by atoms with E-state index in [0.29, 0.717) is 29.5 Å². The molecule has 28 heavy (non-hydrogen) atoms. The fourth-order valence-electron chi connectivity index (χ4n) is 3.28. The van der Waals surface area contributed by atoms with E-state index >= 15 is 0 Å². The van der Waals surface area contributed by atoms with Crippen molar-refractivity contribution < 1.29 is 14.3 Å². The molecule has 0 atom stereocenters. The minimum Gasteiger partial charge on any atom is -0.489 e. The Morgan fingerprint density at radius 3 is 2.79 bits per heavy atom. The molecule has 7 nitrogen and oxygen atoms in total. The number of aromatic nitrogens is 2. The predicted molar refractivity (Wildman–Crippen MR) is 108 cm³/mol. The van der Waals surface area contributed by atoms with Gasteiger partial charge >= 0.3 is 0 Å². The minimum absolute atomic E-state index is 0.129. The molecule has 0 radical (unpaired) electrons. The van der Waals surface area contributed by atoms with E-state index in [0.717, 1.165) is 32.5 Å². The summed E-state index contributed by atoms with van der Waals surface area (Å²) in [7, 11) is 3.53. The summed E-state index contributed by atoms with van der Waals surface area (Å²) in [5.41, 5.74) is 1.74. The van der Waals surface area contributed by atoms with E-state index in [2.05, 4.69) is 21.5 Å². The lowest BCUT2D eigenvalue weighted by Gasteiger charge is -2.32. The van der Waals surface area contributed by atoms with Gasteiger partial charge in [-0.05, 0) is 31.0 Å². The number of halogens is 1. The summed E-state index contributed by atoms with van der Waals surface area (Å²) in [4.78, 5) is 14.5. The average molecular weight is 407 g/mol. The Balaban J connectivity index is 1.48. The van der Waals surface area contributed by atoms with Crippen LogP contribution in [0.15, 0.2) is 30.6 Å². The quantitative estimate of drug-likeness (QED) is 0.682. The van der Waals surface area contributed by atoms with E-state index in [-0.39, 0.29) is 12.0 Å². The molecular weight excluding hydrogens is 380 g/mol. The number of hydrogen-bond acceptors (Lipinski definition) is 5. The molecule has 152 valence electrons. The largest absolute Gasteiger partial charge is 0.489 e. The Labute approximate surface area is 170 Å². The Morgan fingerprint density at radius 2 is 2.14 bits per heavy atom. The molecule has 8 heteroatoms. The molecule has 0 aliphatic carbocycles. The molecule has 1 aromatic carbocycles. The van der Waals surface area contributed by atoms with Crippen LogP contribution in [-0.4, -0.2) is 60.0 Å². The maximum Gasteiger partial charge on any atom is 0.251 e. The van der Waals surface area contributed by atoms with Gasteiger partial charge in [0.25, 0.3) is 5.91 Å². The smallest absolute Gasteiger partial charge is 0.251 e. The highest BCUT2D eigenvalue weighted by Gasteiger charge is 2.22. The zero-order valence-electron chi connectivity index (χ0n) is 16.4. The second kappa shape index (κ2) is 9.91. The second-order valence-corrected chi connectivity index (χ2v) is 7.42. The minimum atomic E-state index is -0.172. The van der Waals surface area contributed by atoms with E-state index in [1.54, 1.807) is 25.3 Å². The normalized spacial score (nSPS) is 15.5. The molecule has 0 spiro atoms. The van der Waals surface area contributed by atoms with Gasteiger partial charge < -0.3 is 14.8 Å². The summed E-state index contributed by atoms with van der Waals surface area (Å²) in [6, 6.07) is 5.16. The Morgan fingerprint density at radius 1 is 1.36 bits per heavy atom. The maximum atomic E-state index is 12.1. The number of aryl methyl sites for hydroxylation is 1. The molecule has 0 bridgehead atoms. The van der Waals surface area contributed by atoms with Crippen molar-refractivity contribution in [1.82, 2.24) is 20.0 Å². The van der Waals surface area contributed by atoms with Crippen LogP contribution < -0.4 is 10.1 Å². The van der Waals surface area contributed by atoms with E-state index < -0.39 is 0 Å². The number of hydrogen-bond donors (Lipinski definition) is 1. The van der Waals surface area contributed by atoms with Crippen LogP contribution in [0, 0.1) is 0 Å². The van der Waals surface area contributed by atoms with Gasteiger partial charge in [0.05, 0.1) is 17.8 Å². The monoisotopic (exact) mass is 406 g/mol. The fourth-order valence-corrected chi connectivity index (χ4v) is 3.51. The number of amides is 1. The Hall–Kier alpha value is -2.09. The summed E-state index contributed by atoms with van der Waals surface area (Å²) in [6.45, 7) is 3.78. The molecule has 1 saturated heterocycles. The van der Waals surface area contributed by atoms with Crippen molar-refractivity contribution in [3.05, 3.63) is 46.7 Å². The van der Waals surface area contributed by atoms with Crippen molar-refractivity contribution in [3.8, 4) is 5.75 Å². The zero-order chi connectivity index (χ0) is 19.9. The number of benzene rings is 1. The summed E-state index contributed by atoms with van der Waals surface area (Å²) in [5.74, 6) is 0.454. The third-order valence-corrected chi connectivity index (χ3v) is 5.07. The highest BCUT2D eigenvalue weighted by atomic mass is 35.5. The van der Waals surface area contributed by atoms with Crippen LogP contribution >= 0.6 is 11.6 Å². The third-order valence-electron chi connectivity index (χ3n) is 4.78. The van der Waals surface area contributed by atoms with Crippen molar-refractivity contribution in [2.24, 2.45) is 7.05 Å². The van der Waals surface area contributed by atoms with Crippen LogP contribution in [0.4, 0.5) is 0 Å². The van der Waals surface area contributed by atoms with Crippen LogP contribution in [0.5, 0.6) is 5.75 Å². The van der Waals surface area contributed by atoms with E-state index in [1.807, 2.05) is 17.9 Å². The molecule has 0 saturated carbocycles. The molecule has 1 aromatic heterocycles. The number of carbonyl (C=O) groups excluding carboxylic acids is 1. The van der Waals surface area contributed by atoms with E-state index in [9.17, 15) is 4.79 Å². The van der Waals surface area contributed by atoms with Gasteiger partial charge in [-0.1, -0.05) is 11.6 Å². The van der Waals surface area contributed by atoms with Gasteiger partial charge in [0.1, 0.15) is 11.9 Å².